The number of hydrogen-bond donors (Lipinski definition) is 4. The Labute approximate surface area is 392 Å². The first kappa shape index (κ1) is 48.3. The van der Waals surface area contributed by atoms with Gasteiger partial charge in [0.2, 0.25) is 17.8 Å². The van der Waals surface area contributed by atoms with Gasteiger partial charge in [-0.05, 0) is 111 Å². The van der Waals surface area contributed by atoms with E-state index in [0.29, 0.717) is 88.7 Å². The van der Waals surface area contributed by atoms with Crippen LogP contribution < -0.4 is 25.4 Å². The van der Waals surface area contributed by atoms with E-state index in [0.717, 1.165) is 38.4 Å². The quantitative estimate of drug-likeness (QED) is 0.123. The highest BCUT2D eigenvalue weighted by Crippen LogP contribution is 2.29. The number of nitrogens with one attached hydrogen (secondary N) is 3. The van der Waals surface area contributed by atoms with E-state index in [-0.39, 0.29) is 33.9 Å². The van der Waals surface area contributed by atoms with Crippen LogP contribution >= 0.6 is 0 Å². The van der Waals surface area contributed by atoms with E-state index in [9.17, 15) is 32.2 Å². The summed E-state index contributed by atoms with van der Waals surface area (Å²) in [7, 11) is -6.56. The third-order valence-corrected chi connectivity index (χ3v) is 13.0. The van der Waals surface area contributed by atoms with Gasteiger partial charge in [0.15, 0.2) is 31.3 Å². The predicted octanol–water partition coefficient (Wildman–Crippen LogP) is 4.61. The Bertz CT molecular complexity index is 3060. The molecule has 0 bridgehead atoms. The van der Waals surface area contributed by atoms with Crippen LogP contribution in [0.4, 0.5) is 23.3 Å². The molecule has 350 valence electrons. The third kappa shape index (κ3) is 12.8. The Balaban J connectivity index is 0.000000203. The Morgan fingerprint density at radius 1 is 0.676 bits per heavy atom. The minimum Gasteiger partial charge on any atom is -0.489 e. The molecule has 2 aromatic heterocycles. The Morgan fingerprint density at radius 2 is 1.10 bits per heavy atom. The molecule has 0 radical (unpaired) electrons. The molecule has 68 heavy (non-hydrogen) atoms. The molecule has 4 aromatic carbocycles. The van der Waals surface area contributed by atoms with Crippen molar-refractivity contribution in [3.63, 3.8) is 0 Å². The van der Waals surface area contributed by atoms with Crippen LogP contribution in [0.2, 0.25) is 0 Å². The SMILES string of the molecule is CS(=O)(=O)c1ccc(Nc2ncnc(-c3ccc(OC4CCN(C(=O)CO)CC4)c(C#N)c3)n2)cc1.CS(=O)(=O)c1ccc(Nc2ncnc(-c3ccc(OC4CCNCC4)c(C#N)c3)n2)cc1. The van der Waals surface area contributed by atoms with Gasteiger partial charge in [-0.25, -0.2) is 36.8 Å². The van der Waals surface area contributed by atoms with Crippen molar-refractivity contribution in [2.75, 3.05) is 55.9 Å². The lowest BCUT2D eigenvalue weighted by Crippen LogP contribution is -2.42. The van der Waals surface area contributed by atoms with E-state index in [1.54, 1.807) is 59.5 Å². The average Bonchev–Trinajstić information content (AvgIpc) is 3.34. The summed E-state index contributed by atoms with van der Waals surface area (Å²) in [5.74, 6) is 2.01. The number of aromatic nitrogens is 6. The zero-order chi connectivity index (χ0) is 48.3. The molecule has 1 amide bonds. The second kappa shape index (κ2) is 21.8. The number of hydrogen-bond acceptors (Lipinski definition) is 19. The predicted molar refractivity (Wildman–Crippen MR) is 249 cm³/mol. The molecule has 4 heterocycles. The summed E-state index contributed by atoms with van der Waals surface area (Å²) >= 11 is 0. The van der Waals surface area contributed by atoms with Crippen LogP contribution in [-0.2, 0) is 24.5 Å². The molecule has 20 nitrogen and oxygen atoms in total. The number of anilines is 4. The number of ether oxygens (including phenoxy) is 2. The minimum atomic E-state index is -3.29. The normalized spacial score (nSPS) is 14.3. The lowest BCUT2D eigenvalue weighted by atomic mass is 10.1. The van der Waals surface area contributed by atoms with Crippen molar-refractivity contribution in [1.82, 2.24) is 40.1 Å². The number of nitrogens with zero attached hydrogens (tertiary/aromatic N) is 9. The molecule has 0 aliphatic carbocycles. The molecule has 4 N–H and O–H groups in total. The highest BCUT2D eigenvalue weighted by molar-refractivity contribution is 7.91. The molecule has 0 spiro atoms. The molecular weight excluding hydrogens is 913 g/mol. The maximum Gasteiger partial charge on any atom is 0.248 e. The van der Waals surface area contributed by atoms with Gasteiger partial charge in [0.05, 0.1) is 20.9 Å². The summed E-state index contributed by atoms with van der Waals surface area (Å²) < 4.78 is 58.5. The van der Waals surface area contributed by atoms with Crippen LogP contribution in [0.5, 0.6) is 11.5 Å². The zero-order valence-corrected chi connectivity index (χ0v) is 38.5. The summed E-state index contributed by atoms with van der Waals surface area (Å²) in [6, 6.07) is 27.2. The first-order valence-electron chi connectivity index (χ1n) is 21.2. The number of nitriles is 2. The molecule has 2 fully saturated rings. The summed E-state index contributed by atoms with van der Waals surface area (Å²) in [6.45, 7) is 2.28. The number of aliphatic hydroxyl groups is 1. The minimum absolute atomic E-state index is 0.0938. The van der Waals surface area contributed by atoms with Crippen molar-refractivity contribution in [3.05, 3.63) is 109 Å². The van der Waals surface area contributed by atoms with Gasteiger partial charge in [0, 0.05) is 60.9 Å². The molecule has 2 aliphatic rings. The van der Waals surface area contributed by atoms with E-state index in [4.69, 9.17) is 14.6 Å². The Kier molecular flexibility index (Phi) is 15.5. The van der Waals surface area contributed by atoms with Gasteiger partial charge in [0.25, 0.3) is 0 Å². The van der Waals surface area contributed by atoms with Gasteiger partial charge < -0.3 is 35.4 Å². The second-order valence-electron chi connectivity index (χ2n) is 15.7. The lowest BCUT2D eigenvalue weighted by Gasteiger charge is -2.32. The molecule has 8 rings (SSSR count). The number of piperidine rings is 2. The second-order valence-corrected chi connectivity index (χ2v) is 19.7. The van der Waals surface area contributed by atoms with Gasteiger partial charge in [-0.3, -0.25) is 4.79 Å². The van der Waals surface area contributed by atoms with Crippen LogP contribution in [0.3, 0.4) is 0 Å². The fourth-order valence-corrected chi connectivity index (χ4v) is 8.40. The number of carbonyl (C=O) groups is 1. The van der Waals surface area contributed by atoms with Gasteiger partial charge >= 0.3 is 0 Å². The van der Waals surface area contributed by atoms with E-state index in [1.165, 1.54) is 36.9 Å². The molecule has 22 heteroatoms. The largest absolute Gasteiger partial charge is 0.489 e. The molecule has 2 aliphatic heterocycles. The first-order valence-corrected chi connectivity index (χ1v) is 25.0. The molecule has 6 aromatic rings. The molecule has 0 atom stereocenters. The molecular formula is C46H46N12O8S2. The number of aliphatic hydroxyl groups excluding tert-OH is 1. The average molecular weight is 959 g/mol. The Morgan fingerprint density at radius 3 is 1.50 bits per heavy atom. The smallest absolute Gasteiger partial charge is 0.248 e. The third-order valence-electron chi connectivity index (χ3n) is 10.7. The van der Waals surface area contributed by atoms with E-state index in [2.05, 4.69) is 58.0 Å². The molecule has 0 saturated carbocycles. The van der Waals surface area contributed by atoms with Crippen molar-refractivity contribution in [1.29, 1.82) is 10.5 Å². The van der Waals surface area contributed by atoms with Crippen molar-refractivity contribution in [3.8, 4) is 46.4 Å². The monoisotopic (exact) mass is 958 g/mol. The lowest BCUT2D eigenvalue weighted by molar-refractivity contribution is -0.135. The first-order chi connectivity index (χ1) is 32.7. The molecule has 0 unspecified atom stereocenters. The number of carbonyl (C=O) groups excluding carboxylic acids is 1. The number of benzene rings is 4. The summed E-state index contributed by atoms with van der Waals surface area (Å²) in [5, 5.41) is 37.6. The van der Waals surface area contributed by atoms with Gasteiger partial charge in [0.1, 0.15) is 55.1 Å². The summed E-state index contributed by atoms with van der Waals surface area (Å²) in [5.41, 5.74) is 3.25. The fourth-order valence-electron chi connectivity index (χ4n) is 7.13. The number of likely N-dealkylation sites (tertiary alicyclic amines) is 1. The highest BCUT2D eigenvalue weighted by Gasteiger charge is 2.25. The van der Waals surface area contributed by atoms with Crippen LogP contribution in [0.1, 0.15) is 36.8 Å². The van der Waals surface area contributed by atoms with Gasteiger partial charge in [-0.1, -0.05) is 0 Å². The van der Waals surface area contributed by atoms with Crippen molar-refractivity contribution in [2.24, 2.45) is 0 Å². The van der Waals surface area contributed by atoms with Gasteiger partial charge in [-0.2, -0.15) is 20.5 Å². The summed E-state index contributed by atoms with van der Waals surface area (Å²) in [6.07, 6.45) is 7.98. The molecule has 2 saturated heterocycles. The number of rotatable bonds is 13. The van der Waals surface area contributed by atoms with Gasteiger partial charge in [-0.15, -0.1) is 0 Å². The number of sulfone groups is 2. The summed E-state index contributed by atoms with van der Waals surface area (Å²) in [4.78, 5) is 39.1. The van der Waals surface area contributed by atoms with E-state index < -0.39 is 26.3 Å². The van der Waals surface area contributed by atoms with Crippen molar-refractivity contribution >= 4 is 48.9 Å². The van der Waals surface area contributed by atoms with Crippen molar-refractivity contribution < 1.29 is 36.2 Å². The van der Waals surface area contributed by atoms with Crippen LogP contribution in [-0.4, -0.2) is 120 Å². The Hall–Kier alpha value is -7.63. The number of amides is 1. The topological polar surface area (TPSA) is 288 Å². The van der Waals surface area contributed by atoms with E-state index in [1.807, 2.05) is 6.07 Å². The highest BCUT2D eigenvalue weighted by atomic mass is 32.2. The van der Waals surface area contributed by atoms with Crippen LogP contribution in [0.15, 0.2) is 107 Å². The standard InChI is InChI=1S/C24H24N6O5S.C22H22N6O3S/c1-36(33,34)20-5-3-18(4-6-20)28-24-27-15-26-23(29-24)16-2-7-21(17(12-16)13-25)35-19-8-10-30(11-9-19)22(32)14-31;1-32(29,30)19-5-3-17(4-6-19)27-22-26-14-25-21(28-22)15-2-7-20(16(12-15)13-23)31-18-8-10-24-11-9-18/h2-7,12,15,19,31H,8-11,14H2,1H3,(H,26,27,28,29);2-7,12,14,18,24H,8-11H2,1H3,(H,25,26,27,28). The van der Waals surface area contributed by atoms with Crippen LogP contribution in [0.25, 0.3) is 22.8 Å². The van der Waals surface area contributed by atoms with Crippen LogP contribution in [0, 0.1) is 22.7 Å². The van der Waals surface area contributed by atoms with E-state index >= 15 is 0 Å². The zero-order valence-electron chi connectivity index (χ0n) is 36.9. The van der Waals surface area contributed by atoms with Crippen molar-refractivity contribution in [2.45, 2.75) is 47.7 Å². The maximum absolute atomic E-state index is 11.6. The maximum atomic E-state index is 11.6. The fraction of sp³-hybridized carbons (Fsp3) is 0.283.